The SMILES string of the molecule is CSc1cnc(N[C@H]2CC[C@H](Nc3nc4ccc(C(=O)N5CCN6C(=O)OC[C@@H]6C5)cc4s3)C2)nc1. The minimum Gasteiger partial charge on any atom is -0.447 e. The van der Waals surface area contributed by atoms with E-state index in [0.717, 1.165) is 39.5 Å². The molecule has 12 heteroatoms. The summed E-state index contributed by atoms with van der Waals surface area (Å²) in [5, 5.41) is 7.90. The predicted molar refractivity (Wildman–Crippen MR) is 140 cm³/mol. The molecule has 0 radical (unpaired) electrons. The molecule has 188 valence electrons. The topological polar surface area (TPSA) is 113 Å². The summed E-state index contributed by atoms with van der Waals surface area (Å²) in [6.45, 7) is 1.88. The van der Waals surface area contributed by atoms with Crippen molar-refractivity contribution < 1.29 is 14.3 Å². The zero-order valence-electron chi connectivity index (χ0n) is 19.8. The van der Waals surface area contributed by atoms with Gasteiger partial charge in [0.15, 0.2) is 5.13 Å². The van der Waals surface area contributed by atoms with Gasteiger partial charge in [-0.05, 0) is 43.7 Å². The second-order valence-corrected chi connectivity index (χ2v) is 11.2. The third-order valence-corrected chi connectivity index (χ3v) is 8.63. The van der Waals surface area contributed by atoms with E-state index in [1.165, 1.54) is 0 Å². The average Bonchev–Trinajstić information content (AvgIpc) is 3.62. The van der Waals surface area contributed by atoms with E-state index < -0.39 is 0 Å². The molecule has 2 aliphatic heterocycles. The Morgan fingerprint density at radius 3 is 2.78 bits per heavy atom. The lowest BCUT2D eigenvalue weighted by molar-refractivity contribution is 0.0617. The third kappa shape index (κ3) is 4.66. The Labute approximate surface area is 216 Å². The molecule has 6 rings (SSSR count). The zero-order valence-corrected chi connectivity index (χ0v) is 21.5. The largest absolute Gasteiger partial charge is 0.447 e. The minimum atomic E-state index is -0.277. The monoisotopic (exact) mass is 525 g/mol. The first-order valence-corrected chi connectivity index (χ1v) is 14.1. The van der Waals surface area contributed by atoms with Crippen LogP contribution in [0.15, 0.2) is 35.5 Å². The van der Waals surface area contributed by atoms with Crippen molar-refractivity contribution in [1.29, 1.82) is 0 Å². The fourth-order valence-corrected chi connectivity index (χ4v) is 6.37. The van der Waals surface area contributed by atoms with Gasteiger partial charge < -0.3 is 20.3 Å². The maximum absolute atomic E-state index is 13.2. The maximum Gasteiger partial charge on any atom is 0.410 e. The molecule has 0 bridgehead atoms. The molecule has 2 amide bonds. The smallest absolute Gasteiger partial charge is 0.410 e. The molecule has 2 saturated heterocycles. The first-order valence-electron chi connectivity index (χ1n) is 12.1. The van der Waals surface area contributed by atoms with Crippen molar-refractivity contribution in [3.8, 4) is 0 Å². The van der Waals surface area contributed by atoms with Gasteiger partial charge in [-0.25, -0.2) is 19.7 Å². The molecule has 2 aromatic heterocycles. The van der Waals surface area contributed by atoms with Gasteiger partial charge in [0, 0.05) is 54.6 Å². The van der Waals surface area contributed by atoms with Crippen LogP contribution in [0.25, 0.3) is 10.2 Å². The summed E-state index contributed by atoms with van der Waals surface area (Å²) in [7, 11) is 0. The van der Waals surface area contributed by atoms with Crippen LogP contribution in [0, 0.1) is 0 Å². The lowest BCUT2D eigenvalue weighted by Gasteiger charge is -2.35. The number of nitrogens with zero attached hydrogens (tertiary/aromatic N) is 5. The minimum absolute atomic E-state index is 0.0173. The van der Waals surface area contributed by atoms with Crippen LogP contribution >= 0.6 is 23.1 Å². The van der Waals surface area contributed by atoms with Gasteiger partial charge in [-0.15, -0.1) is 11.8 Å². The first-order chi connectivity index (χ1) is 17.6. The molecule has 3 aromatic rings. The molecule has 3 fully saturated rings. The number of ether oxygens (including phenoxy) is 1. The van der Waals surface area contributed by atoms with Crippen LogP contribution in [0.2, 0.25) is 0 Å². The lowest BCUT2D eigenvalue weighted by atomic mass is 10.1. The van der Waals surface area contributed by atoms with E-state index in [-0.39, 0.29) is 18.0 Å². The molecule has 1 aliphatic carbocycles. The van der Waals surface area contributed by atoms with Gasteiger partial charge in [-0.3, -0.25) is 9.69 Å². The zero-order chi connectivity index (χ0) is 24.6. The summed E-state index contributed by atoms with van der Waals surface area (Å²) >= 11 is 3.20. The molecule has 2 N–H and O–H groups in total. The van der Waals surface area contributed by atoms with Gasteiger partial charge in [0.25, 0.3) is 5.91 Å². The van der Waals surface area contributed by atoms with E-state index in [1.54, 1.807) is 28.0 Å². The number of carbonyl (C=O) groups is 2. The van der Waals surface area contributed by atoms with Crippen LogP contribution in [0.4, 0.5) is 15.9 Å². The Morgan fingerprint density at radius 1 is 1.17 bits per heavy atom. The number of cyclic esters (lactones) is 1. The van der Waals surface area contributed by atoms with Crippen LogP contribution in [0.5, 0.6) is 0 Å². The second kappa shape index (κ2) is 9.74. The number of amides is 2. The number of rotatable bonds is 6. The molecule has 0 spiro atoms. The summed E-state index contributed by atoms with van der Waals surface area (Å²) in [6.07, 6.45) is 8.47. The van der Waals surface area contributed by atoms with Crippen LogP contribution in [-0.2, 0) is 4.74 Å². The highest BCUT2D eigenvalue weighted by Gasteiger charge is 2.39. The average molecular weight is 526 g/mol. The number of anilines is 2. The standard InChI is InChI=1S/C24H27N7O3S2/c1-35-18-10-25-22(26-11-18)27-15-3-4-16(9-15)28-23-29-19-5-2-14(8-20(19)36-23)21(32)30-6-7-31-17(12-30)13-34-24(31)33/h2,5,8,10-11,15-17H,3-4,6-7,9,12-13H2,1H3,(H,28,29)(H,25,26,27)/t15-,16-,17-/m0/s1. The number of fused-ring (bicyclic) bond motifs is 2. The van der Waals surface area contributed by atoms with Gasteiger partial charge in [-0.2, -0.15) is 0 Å². The van der Waals surface area contributed by atoms with Crippen molar-refractivity contribution in [2.24, 2.45) is 0 Å². The van der Waals surface area contributed by atoms with E-state index in [4.69, 9.17) is 9.72 Å². The Balaban J connectivity index is 1.07. The van der Waals surface area contributed by atoms with Gasteiger partial charge in [0.05, 0.1) is 16.3 Å². The molecule has 3 aliphatic rings. The van der Waals surface area contributed by atoms with E-state index in [0.29, 0.717) is 49.8 Å². The quantitative estimate of drug-likeness (QED) is 0.467. The van der Waals surface area contributed by atoms with Crippen LogP contribution in [-0.4, -0.2) is 87.4 Å². The van der Waals surface area contributed by atoms with Crippen molar-refractivity contribution in [2.45, 2.75) is 42.3 Å². The van der Waals surface area contributed by atoms with Crippen LogP contribution < -0.4 is 10.6 Å². The van der Waals surface area contributed by atoms with Gasteiger partial charge >= 0.3 is 6.09 Å². The Morgan fingerprint density at radius 2 is 1.97 bits per heavy atom. The summed E-state index contributed by atoms with van der Waals surface area (Å²) in [4.78, 5) is 43.0. The van der Waals surface area contributed by atoms with Crippen molar-refractivity contribution in [3.05, 3.63) is 36.2 Å². The van der Waals surface area contributed by atoms with Crippen molar-refractivity contribution in [3.63, 3.8) is 0 Å². The molecule has 1 aromatic carbocycles. The van der Waals surface area contributed by atoms with Crippen LogP contribution in [0.1, 0.15) is 29.6 Å². The fourth-order valence-electron chi connectivity index (χ4n) is 5.07. The second-order valence-electron chi connectivity index (χ2n) is 9.32. The number of carbonyl (C=O) groups excluding carboxylic acids is 2. The third-order valence-electron chi connectivity index (χ3n) is 7.00. The Hall–Kier alpha value is -3.12. The molecule has 4 heterocycles. The number of aromatic nitrogens is 3. The fraction of sp³-hybridized carbons (Fsp3) is 0.458. The maximum atomic E-state index is 13.2. The summed E-state index contributed by atoms with van der Waals surface area (Å²) in [5.74, 6) is 0.653. The molecule has 1 saturated carbocycles. The van der Waals surface area contributed by atoms with E-state index in [2.05, 4.69) is 20.6 Å². The summed E-state index contributed by atoms with van der Waals surface area (Å²) in [5.41, 5.74) is 1.53. The molecule has 0 unspecified atom stereocenters. The number of piperazine rings is 1. The number of thiazole rings is 1. The molecular formula is C24H27N7O3S2. The molecule has 3 atom stereocenters. The summed E-state index contributed by atoms with van der Waals surface area (Å²) < 4.78 is 6.10. The first kappa shape index (κ1) is 23.3. The highest BCUT2D eigenvalue weighted by Crippen LogP contribution is 2.31. The number of hydrogen-bond acceptors (Lipinski definition) is 10. The summed E-state index contributed by atoms with van der Waals surface area (Å²) in [6, 6.07) is 6.28. The highest BCUT2D eigenvalue weighted by atomic mass is 32.2. The van der Waals surface area contributed by atoms with E-state index in [9.17, 15) is 9.59 Å². The van der Waals surface area contributed by atoms with Crippen molar-refractivity contribution >= 4 is 56.4 Å². The van der Waals surface area contributed by atoms with Crippen molar-refractivity contribution in [1.82, 2.24) is 24.8 Å². The lowest BCUT2D eigenvalue weighted by Crippen LogP contribution is -2.53. The predicted octanol–water partition coefficient (Wildman–Crippen LogP) is 3.53. The number of benzene rings is 1. The van der Waals surface area contributed by atoms with Gasteiger partial charge in [-0.1, -0.05) is 11.3 Å². The van der Waals surface area contributed by atoms with Gasteiger partial charge in [0.1, 0.15) is 6.61 Å². The highest BCUT2D eigenvalue weighted by molar-refractivity contribution is 7.98. The molecular weight excluding hydrogens is 498 g/mol. The van der Waals surface area contributed by atoms with Crippen molar-refractivity contribution in [2.75, 3.05) is 43.1 Å². The number of nitrogens with one attached hydrogen (secondary N) is 2. The Kier molecular flexibility index (Phi) is 6.30. The number of thioether (sulfide) groups is 1. The van der Waals surface area contributed by atoms with Gasteiger partial charge in [0.2, 0.25) is 5.95 Å². The van der Waals surface area contributed by atoms with E-state index in [1.807, 2.05) is 41.7 Å². The Bertz CT molecular complexity index is 1280. The van der Waals surface area contributed by atoms with E-state index >= 15 is 0 Å². The normalized spacial score (nSPS) is 23.6. The molecule has 36 heavy (non-hydrogen) atoms. The van der Waals surface area contributed by atoms with Crippen LogP contribution in [0.3, 0.4) is 0 Å². The molecule has 10 nitrogen and oxygen atoms in total. The number of hydrogen-bond donors (Lipinski definition) is 2.